The molecule has 68 valence electrons. The molecular weight excluding hydrogens is 164 g/mol. The maximum absolute atomic E-state index is 5.62. The summed E-state index contributed by atoms with van der Waals surface area (Å²) in [6.07, 6.45) is 1.93. The molecule has 3 heteroatoms. The molecule has 2 rings (SSSR count). The van der Waals surface area contributed by atoms with Crippen LogP contribution in [-0.4, -0.2) is 4.98 Å². The number of rotatable bonds is 2. The average Bonchev–Trinajstić information content (AvgIpc) is 2.46. The third-order valence-corrected chi connectivity index (χ3v) is 1.92. The number of nitrogens with two attached hydrogens (primary N) is 1. The van der Waals surface area contributed by atoms with Crippen molar-refractivity contribution >= 4 is 16.8 Å². The van der Waals surface area contributed by atoms with Gasteiger partial charge in [-0.15, -0.1) is 0 Å². The van der Waals surface area contributed by atoms with Crippen LogP contribution in [0.15, 0.2) is 22.6 Å². The Labute approximate surface area is 76.6 Å². The van der Waals surface area contributed by atoms with Gasteiger partial charge in [0.2, 0.25) is 0 Å². The fourth-order valence-electron chi connectivity index (χ4n) is 1.31. The number of nitrogens with zero attached hydrogens (tertiary/aromatic N) is 1. The van der Waals surface area contributed by atoms with E-state index in [1.54, 1.807) is 0 Å². The van der Waals surface area contributed by atoms with Gasteiger partial charge in [0.05, 0.1) is 0 Å². The quantitative estimate of drug-likeness (QED) is 0.714. The van der Waals surface area contributed by atoms with Crippen molar-refractivity contribution in [3.8, 4) is 0 Å². The predicted molar refractivity (Wildman–Crippen MR) is 52.4 cm³/mol. The zero-order chi connectivity index (χ0) is 9.26. The highest BCUT2D eigenvalue weighted by atomic mass is 16.3. The predicted octanol–water partition coefficient (Wildman–Crippen LogP) is 2.36. The number of oxazole rings is 1. The van der Waals surface area contributed by atoms with Crippen molar-refractivity contribution in [2.24, 2.45) is 0 Å². The third kappa shape index (κ3) is 1.49. The van der Waals surface area contributed by atoms with Crippen molar-refractivity contribution in [3.63, 3.8) is 0 Å². The normalized spacial score (nSPS) is 10.8. The molecule has 0 spiro atoms. The second-order valence-electron chi connectivity index (χ2n) is 3.08. The maximum Gasteiger partial charge on any atom is 0.195 e. The van der Waals surface area contributed by atoms with Crippen LogP contribution < -0.4 is 5.73 Å². The summed E-state index contributed by atoms with van der Waals surface area (Å²) in [7, 11) is 0. The molecule has 0 unspecified atom stereocenters. The lowest BCUT2D eigenvalue weighted by Crippen LogP contribution is -1.81. The third-order valence-electron chi connectivity index (χ3n) is 1.92. The highest BCUT2D eigenvalue weighted by Gasteiger charge is 2.03. The number of nitrogen functional groups attached to an aromatic ring is 1. The first-order valence-corrected chi connectivity index (χ1v) is 4.44. The molecule has 13 heavy (non-hydrogen) atoms. The van der Waals surface area contributed by atoms with Crippen molar-refractivity contribution < 1.29 is 4.42 Å². The summed E-state index contributed by atoms with van der Waals surface area (Å²) in [6, 6.07) is 5.52. The van der Waals surface area contributed by atoms with Crippen molar-refractivity contribution in [1.29, 1.82) is 0 Å². The van der Waals surface area contributed by atoms with Gasteiger partial charge in [-0.05, 0) is 18.6 Å². The molecular formula is C10H12N2O. The van der Waals surface area contributed by atoms with Gasteiger partial charge in [-0.3, -0.25) is 0 Å². The fourth-order valence-corrected chi connectivity index (χ4v) is 1.31. The van der Waals surface area contributed by atoms with E-state index in [-0.39, 0.29) is 0 Å². The van der Waals surface area contributed by atoms with E-state index in [0.29, 0.717) is 5.69 Å². The van der Waals surface area contributed by atoms with Crippen LogP contribution in [0.25, 0.3) is 11.1 Å². The van der Waals surface area contributed by atoms with Gasteiger partial charge in [-0.25, -0.2) is 4.98 Å². The number of benzene rings is 1. The summed E-state index contributed by atoms with van der Waals surface area (Å²) in [6.45, 7) is 2.10. The van der Waals surface area contributed by atoms with Crippen LogP contribution in [0.1, 0.15) is 19.2 Å². The van der Waals surface area contributed by atoms with Crippen LogP contribution in [0.2, 0.25) is 0 Å². The molecule has 2 aromatic rings. The summed E-state index contributed by atoms with van der Waals surface area (Å²) in [5.74, 6) is 0.795. The van der Waals surface area contributed by atoms with Gasteiger partial charge < -0.3 is 10.2 Å². The van der Waals surface area contributed by atoms with Crippen molar-refractivity contribution in [2.75, 3.05) is 5.73 Å². The Bertz CT molecular complexity index is 420. The molecule has 2 N–H and O–H groups in total. The second-order valence-corrected chi connectivity index (χ2v) is 3.08. The van der Waals surface area contributed by atoms with E-state index in [1.807, 2.05) is 18.2 Å². The molecule has 3 nitrogen and oxygen atoms in total. The Morgan fingerprint density at radius 2 is 2.31 bits per heavy atom. The highest BCUT2D eigenvalue weighted by Crippen LogP contribution is 2.18. The zero-order valence-electron chi connectivity index (χ0n) is 7.58. The van der Waals surface area contributed by atoms with Crippen LogP contribution in [0.5, 0.6) is 0 Å². The van der Waals surface area contributed by atoms with Crippen LogP contribution >= 0.6 is 0 Å². The van der Waals surface area contributed by atoms with Crippen LogP contribution in [0.4, 0.5) is 5.69 Å². The fraction of sp³-hybridized carbons (Fsp3) is 0.300. The molecule has 0 aliphatic rings. The Morgan fingerprint density at radius 3 is 3.08 bits per heavy atom. The number of hydrogen-bond donors (Lipinski definition) is 1. The first kappa shape index (κ1) is 8.10. The smallest absolute Gasteiger partial charge is 0.195 e. The molecule has 0 saturated carbocycles. The average molecular weight is 176 g/mol. The summed E-state index contributed by atoms with van der Waals surface area (Å²) >= 11 is 0. The molecule has 0 radical (unpaired) electrons. The van der Waals surface area contributed by atoms with Crippen molar-refractivity contribution in [2.45, 2.75) is 19.8 Å². The highest BCUT2D eigenvalue weighted by molar-refractivity contribution is 5.76. The summed E-state index contributed by atoms with van der Waals surface area (Å²) in [5.41, 5.74) is 8.00. The minimum atomic E-state index is 0.715. The summed E-state index contributed by atoms with van der Waals surface area (Å²) < 4.78 is 5.50. The van der Waals surface area contributed by atoms with Gasteiger partial charge in [0.15, 0.2) is 11.5 Å². The van der Waals surface area contributed by atoms with E-state index in [4.69, 9.17) is 10.2 Å². The molecule has 0 atom stereocenters. The Morgan fingerprint density at radius 1 is 1.46 bits per heavy atom. The lowest BCUT2D eigenvalue weighted by atomic mass is 10.3. The van der Waals surface area contributed by atoms with E-state index in [1.165, 1.54) is 0 Å². The molecule has 0 amide bonds. The number of aromatic nitrogens is 1. The lowest BCUT2D eigenvalue weighted by Gasteiger charge is -1.88. The number of fused-ring (bicyclic) bond motifs is 1. The molecule has 0 aliphatic carbocycles. The van der Waals surface area contributed by atoms with E-state index < -0.39 is 0 Å². The number of hydrogen-bond acceptors (Lipinski definition) is 3. The Hall–Kier alpha value is -1.51. The summed E-state index contributed by atoms with van der Waals surface area (Å²) in [5, 5.41) is 0. The molecule has 1 aromatic carbocycles. The van der Waals surface area contributed by atoms with Crippen molar-refractivity contribution in [3.05, 3.63) is 24.1 Å². The minimum Gasteiger partial charge on any atom is -0.441 e. The van der Waals surface area contributed by atoms with E-state index in [2.05, 4.69) is 11.9 Å². The van der Waals surface area contributed by atoms with Gasteiger partial charge in [0, 0.05) is 18.2 Å². The first-order chi connectivity index (χ1) is 6.29. The van der Waals surface area contributed by atoms with E-state index in [0.717, 1.165) is 29.8 Å². The second kappa shape index (κ2) is 3.09. The molecule has 1 heterocycles. The Balaban J connectivity index is 2.49. The monoisotopic (exact) mass is 176 g/mol. The topological polar surface area (TPSA) is 52.0 Å². The summed E-state index contributed by atoms with van der Waals surface area (Å²) in [4.78, 5) is 4.32. The molecule has 0 aliphatic heterocycles. The van der Waals surface area contributed by atoms with E-state index >= 15 is 0 Å². The largest absolute Gasteiger partial charge is 0.441 e. The first-order valence-electron chi connectivity index (χ1n) is 4.44. The SMILES string of the molecule is CCCc1nc2ccc(N)cc2o1. The van der Waals surface area contributed by atoms with Gasteiger partial charge in [-0.1, -0.05) is 6.92 Å². The molecule has 1 aromatic heterocycles. The van der Waals surface area contributed by atoms with Crippen LogP contribution in [0.3, 0.4) is 0 Å². The minimum absolute atomic E-state index is 0.715. The Kier molecular flexibility index (Phi) is 1.93. The standard InChI is InChI=1S/C10H12N2O/c1-2-3-10-12-8-5-4-7(11)6-9(8)13-10/h4-6H,2-3,11H2,1H3. The maximum atomic E-state index is 5.62. The number of anilines is 1. The van der Waals surface area contributed by atoms with Crippen LogP contribution in [-0.2, 0) is 6.42 Å². The van der Waals surface area contributed by atoms with Crippen molar-refractivity contribution in [1.82, 2.24) is 4.98 Å². The van der Waals surface area contributed by atoms with Gasteiger partial charge in [-0.2, -0.15) is 0 Å². The van der Waals surface area contributed by atoms with Gasteiger partial charge >= 0.3 is 0 Å². The molecule has 0 fully saturated rings. The van der Waals surface area contributed by atoms with Crippen LogP contribution in [0, 0.1) is 0 Å². The van der Waals surface area contributed by atoms with E-state index in [9.17, 15) is 0 Å². The molecule has 0 bridgehead atoms. The number of aryl methyl sites for hydroxylation is 1. The zero-order valence-corrected chi connectivity index (χ0v) is 7.58. The van der Waals surface area contributed by atoms with Gasteiger partial charge in [0.1, 0.15) is 5.52 Å². The molecule has 0 saturated heterocycles. The lowest BCUT2D eigenvalue weighted by molar-refractivity contribution is 0.525. The van der Waals surface area contributed by atoms with Gasteiger partial charge in [0.25, 0.3) is 0 Å².